The summed E-state index contributed by atoms with van der Waals surface area (Å²) in [6, 6.07) is 10.3. The molecule has 1 atom stereocenters. The molecule has 1 aromatic carbocycles. The lowest BCUT2D eigenvalue weighted by atomic mass is 9.87. The summed E-state index contributed by atoms with van der Waals surface area (Å²) in [5.74, 6) is 0.376. The van der Waals surface area contributed by atoms with Crippen LogP contribution in [0.4, 0.5) is 4.79 Å². The van der Waals surface area contributed by atoms with Crippen molar-refractivity contribution in [3.63, 3.8) is 0 Å². The Labute approximate surface area is 122 Å². The van der Waals surface area contributed by atoms with E-state index in [4.69, 9.17) is 4.74 Å². The number of rotatable bonds is 4. The smallest absolute Gasteiger partial charge is 0.408 e. The molecule has 0 saturated heterocycles. The topological polar surface area (TPSA) is 38.3 Å². The lowest BCUT2D eigenvalue weighted by molar-refractivity contribution is 0.0465. The van der Waals surface area contributed by atoms with Crippen LogP contribution in [0.5, 0.6) is 0 Å². The fourth-order valence-electron chi connectivity index (χ4n) is 2.30. The predicted molar refractivity (Wildman–Crippen MR) is 82.9 cm³/mol. The van der Waals surface area contributed by atoms with Crippen molar-refractivity contribution < 1.29 is 9.53 Å². The number of alkyl carbamates (subject to hydrolysis) is 1. The second-order valence-corrected chi connectivity index (χ2v) is 7.03. The van der Waals surface area contributed by atoms with Gasteiger partial charge in [-0.1, -0.05) is 37.3 Å². The molecule has 20 heavy (non-hydrogen) atoms. The SMILES string of the molecule is CC(CC(C)(C)NC(=O)OC(C)(C)C)c1ccccc1. The van der Waals surface area contributed by atoms with Gasteiger partial charge in [0.2, 0.25) is 0 Å². The first-order chi connectivity index (χ1) is 9.09. The Bertz CT molecular complexity index is 432. The number of hydrogen-bond acceptors (Lipinski definition) is 2. The van der Waals surface area contributed by atoms with Crippen molar-refractivity contribution in [2.45, 2.75) is 65.0 Å². The highest BCUT2D eigenvalue weighted by atomic mass is 16.6. The molecule has 0 radical (unpaired) electrons. The molecular formula is C17H27NO2. The fraction of sp³-hybridized carbons (Fsp3) is 0.588. The molecular weight excluding hydrogens is 250 g/mol. The van der Waals surface area contributed by atoms with Crippen LogP contribution in [0.15, 0.2) is 30.3 Å². The van der Waals surface area contributed by atoms with Crippen LogP contribution >= 0.6 is 0 Å². The molecule has 0 aliphatic rings. The Morgan fingerprint density at radius 3 is 2.20 bits per heavy atom. The van der Waals surface area contributed by atoms with E-state index in [9.17, 15) is 4.79 Å². The Balaban J connectivity index is 2.59. The van der Waals surface area contributed by atoms with E-state index in [1.807, 2.05) is 52.8 Å². The number of hydrogen-bond donors (Lipinski definition) is 1. The van der Waals surface area contributed by atoms with E-state index >= 15 is 0 Å². The van der Waals surface area contributed by atoms with Crippen molar-refractivity contribution in [3.05, 3.63) is 35.9 Å². The molecule has 1 N–H and O–H groups in total. The quantitative estimate of drug-likeness (QED) is 0.881. The molecule has 0 aromatic heterocycles. The van der Waals surface area contributed by atoms with E-state index < -0.39 is 5.60 Å². The van der Waals surface area contributed by atoms with Crippen molar-refractivity contribution in [2.75, 3.05) is 0 Å². The van der Waals surface area contributed by atoms with E-state index in [-0.39, 0.29) is 11.6 Å². The Kier molecular flexibility index (Phi) is 5.21. The lowest BCUT2D eigenvalue weighted by Gasteiger charge is -2.31. The predicted octanol–water partition coefficient (Wildman–Crippen LogP) is 4.48. The van der Waals surface area contributed by atoms with Crippen molar-refractivity contribution in [1.29, 1.82) is 0 Å². The highest BCUT2D eigenvalue weighted by molar-refractivity contribution is 5.68. The number of carbonyl (C=O) groups excluding carboxylic acids is 1. The van der Waals surface area contributed by atoms with Crippen molar-refractivity contribution in [1.82, 2.24) is 5.32 Å². The average Bonchev–Trinajstić information content (AvgIpc) is 2.25. The van der Waals surface area contributed by atoms with Gasteiger partial charge < -0.3 is 10.1 Å². The van der Waals surface area contributed by atoms with E-state index in [2.05, 4.69) is 24.4 Å². The third kappa shape index (κ3) is 6.09. The molecule has 112 valence electrons. The van der Waals surface area contributed by atoms with Crippen LogP contribution in [0.1, 0.15) is 59.4 Å². The van der Waals surface area contributed by atoms with Gasteiger partial charge in [-0.05, 0) is 52.5 Å². The van der Waals surface area contributed by atoms with Gasteiger partial charge in [-0.15, -0.1) is 0 Å². The average molecular weight is 277 g/mol. The van der Waals surface area contributed by atoms with Gasteiger partial charge in [0.1, 0.15) is 5.60 Å². The van der Waals surface area contributed by atoms with Crippen LogP contribution in [0.2, 0.25) is 0 Å². The van der Waals surface area contributed by atoms with Crippen molar-refractivity contribution in [3.8, 4) is 0 Å². The van der Waals surface area contributed by atoms with Crippen LogP contribution in [0.3, 0.4) is 0 Å². The summed E-state index contributed by atoms with van der Waals surface area (Å²) >= 11 is 0. The van der Waals surface area contributed by atoms with Crippen molar-refractivity contribution in [2.24, 2.45) is 0 Å². The molecule has 0 bridgehead atoms. The van der Waals surface area contributed by atoms with Gasteiger partial charge in [-0.3, -0.25) is 0 Å². The van der Waals surface area contributed by atoms with Gasteiger partial charge in [0.25, 0.3) is 0 Å². The molecule has 0 aliphatic heterocycles. The number of amides is 1. The second-order valence-electron chi connectivity index (χ2n) is 7.03. The number of ether oxygens (including phenoxy) is 1. The van der Waals surface area contributed by atoms with E-state index in [1.54, 1.807) is 0 Å². The highest BCUT2D eigenvalue weighted by Gasteiger charge is 2.26. The third-order valence-electron chi connectivity index (χ3n) is 3.02. The zero-order chi connectivity index (χ0) is 15.4. The van der Waals surface area contributed by atoms with Crippen LogP contribution in [-0.4, -0.2) is 17.2 Å². The fourth-order valence-corrected chi connectivity index (χ4v) is 2.30. The zero-order valence-electron chi connectivity index (χ0n) is 13.5. The van der Waals surface area contributed by atoms with Crippen LogP contribution in [0, 0.1) is 0 Å². The molecule has 1 amide bonds. The molecule has 0 fully saturated rings. The number of nitrogens with one attached hydrogen (secondary N) is 1. The van der Waals surface area contributed by atoms with Gasteiger partial charge >= 0.3 is 6.09 Å². The second kappa shape index (κ2) is 6.29. The standard InChI is InChI=1S/C17H27NO2/c1-13(14-10-8-7-9-11-14)12-17(5,6)18-15(19)20-16(2,3)4/h7-11,13H,12H2,1-6H3,(H,18,19). The molecule has 1 unspecified atom stereocenters. The molecule has 1 aromatic rings. The molecule has 3 heteroatoms. The summed E-state index contributed by atoms with van der Waals surface area (Å²) in [4.78, 5) is 11.9. The van der Waals surface area contributed by atoms with Gasteiger partial charge in [0.15, 0.2) is 0 Å². The van der Waals surface area contributed by atoms with Gasteiger partial charge in [-0.2, -0.15) is 0 Å². The summed E-state index contributed by atoms with van der Waals surface area (Å²) in [6.07, 6.45) is 0.499. The first kappa shape index (κ1) is 16.5. The lowest BCUT2D eigenvalue weighted by Crippen LogP contribution is -2.46. The van der Waals surface area contributed by atoms with Crippen LogP contribution < -0.4 is 5.32 Å². The Morgan fingerprint density at radius 1 is 1.15 bits per heavy atom. The first-order valence-corrected chi connectivity index (χ1v) is 7.15. The van der Waals surface area contributed by atoms with Crippen molar-refractivity contribution >= 4 is 6.09 Å². The van der Waals surface area contributed by atoms with Crippen LogP contribution in [-0.2, 0) is 4.74 Å². The largest absolute Gasteiger partial charge is 0.444 e. The minimum atomic E-state index is -0.467. The first-order valence-electron chi connectivity index (χ1n) is 7.15. The van der Waals surface area contributed by atoms with Gasteiger partial charge in [0.05, 0.1) is 0 Å². The van der Waals surface area contributed by atoms with E-state index in [0.29, 0.717) is 5.92 Å². The monoisotopic (exact) mass is 277 g/mol. The molecule has 1 rings (SSSR count). The minimum Gasteiger partial charge on any atom is -0.444 e. The van der Waals surface area contributed by atoms with E-state index in [0.717, 1.165) is 6.42 Å². The Hall–Kier alpha value is -1.51. The molecule has 0 heterocycles. The maximum Gasteiger partial charge on any atom is 0.408 e. The van der Waals surface area contributed by atoms with Gasteiger partial charge in [-0.25, -0.2) is 4.79 Å². The normalized spacial score (nSPS) is 13.7. The van der Waals surface area contributed by atoms with Crippen LogP contribution in [0.25, 0.3) is 0 Å². The molecule has 3 nitrogen and oxygen atoms in total. The molecule has 0 aliphatic carbocycles. The zero-order valence-corrected chi connectivity index (χ0v) is 13.5. The minimum absolute atomic E-state index is 0.308. The summed E-state index contributed by atoms with van der Waals surface area (Å²) in [5.41, 5.74) is 0.509. The summed E-state index contributed by atoms with van der Waals surface area (Å²) < 4.78 is 5.31. The summed E-state index contributed by atoms with van der Waals surface area (Å²) in [5, 5.41) is 2.95. The highest BCUT2D eigenvalue weighted by Crippen LogP contribution is 2.25. The maximum absolute atomic E-state index is 11.9. The summed E-state index contributed by atoms with van der Waals surface area (Å²) in [7, 11) is 0. The summed E-state index contributed by atoms with van der Waals surface area (Å²) in [6.45, 7) is 11.8. The third-order valence-corrected chi connectivity index (χ3v) is 3.02. The molecule has 0 saturated carbocycles. The molecule has 0 spiro atoms. The number of benzene rings is 1. The number of carbonyl (C=O) groups is 1. The Morgan fingerprint density at radius 2 is 1.70 bits per heavy atom. The van der Waals surface area contributed by atoms with Gasteiger partial charge in [0, 0.05) is 5.54 Å². The van der Waals surface area contributed by atoms with E-state index in [1.165, 1.54) is 5.56 Å². The maximum atomic E-state index is 11.9.